The quantitative estimate of drug-likeness (QED) is 0.362. The highest BCUT2D eigenvalue weighted by molar-refractivity contribution is 6.13. The molecule has 0 saturated carbocycles. The number of ether oxygens (including phenoxy) is 2. The van der Waals surface area contributed by atoms with Gasteiger partial charge in [0.05, 0.1) is 18.4 Å². The molecule has 2 aromatic carbocycles. The second-order valence-corrected chi connectivity index (χ2v) is 8.82. The Hall–Kier alpha value is -4.00. The maximum Gasteiger partial charge on any atom is 0.408 e. The maximum absolute atomic E-state index is 13.3. The summed E-state index contributed by atoms with van der Waals surface area (Å²) < 4.78 is 10.9. The Balaban J connectivity index is 2.15. The van der Waals surface area contributed by atoms with Crippen LogP contribution in [0, 0.1) is 0 Å². The van der Waals surface area contributed by atoms with Crippen LogP contribution in [0.15, 0.2) is 90.2 Å². The molecule has 1 heterocycles. The minimum absolute atomic E-state index is 0.170. The van der Waals surface area contributed by atoms with E-state index in [4.69, 9.17) is 14.5 Å². The fourth-order valence-electron chi connectivity index (χ4n) is 3.48. The molecule has 1 amide bonds. The second kappa shape index (κ2) is 11.9. The van der Waals surface area contributed by atoms with E-state index in [9.17, 15) is 9.59 Å². The zero-order chi connectivity index (χ0) is 25.3. The van der Waals surface area contributed by atoms with Crippen molar-refractivity contribution >= 4 is 17.8 Å². The third-order valence-electron chi connectivity index (χ3n) is 4.92. The Morgan fingerprint density at radius 2 is 1.54 bits per heavy atom. The van der Waals surface area contributed by atoms with E-state index in [0.29, 0.717) is 11.3 Å². The molecule has 0 spiro atoms. The lowest BCUT2D eigenvalue weighted by Crippen LogP contribution is -2.43. The first-order valence-electron chi connectivity index (χ1n) is 11.5. The largest absolute Gasteiger partial charge is 0.464 e. The number of aromatic nitrogens is 1. The Labute approximate surface area is 206 Å². The first-order valence-corrected chi connectivity index (χ1v) is 11.5. The van der Waals surface area contributed by atoms with Crippen molar-refractivity contribution in [2.24, 2.45) is 4.99 Å². The van der Waals surface area contributed by atoms with Crippen LogP contribution in [0.1, 0.15) is 50.4 Å². The van der Waals surface area contributed by atoms with Crippen LogP contribution in [0.4, 0.5) is 4.79 Å². The van der Waals surface area contributed by atoms with Gasteiger partial charge in [-0.1, -0.05) is 66.7 Å². The van der Waals surface area contributed by atoms with Gasteiger partial charge < -0.3 is 14.8 Å². The molecule has 0 fully saturated rings. The van der Waals surface area contributed by atoms with Gasteiger partial charge in [-0.25, -0.2) is 9.59 Å². The van der Waals surface area contributed by atoms with Crippen LogP contribution in [-0.4, -0.2) is 41.0 Å². The first kappa shape index (κ1) is 25.6. The molecular formula is C28H31N3O4. The van der Waals surface area contributed by atoms with E-state index in [0.717, 1.165) is 11.1 Å². The number of hydrogen-bond acceptors (Lipinski definition) is 6. The van der Waals surface area contributed by atoms with Crippen molar-refractivity contribution in [3.63, 3.8) is 0 Å². The van der Waals surface area contributed by atoms with Gasteiger partial charge in [-0.2, -0.15) is 0 Å². The van der Waals surface area contributed by atoms with Crippen LogP contribution < -0.4 is 5.32 Å². The highest BCUT2D eigenvalue weighted by Crippen LogP contribution is 2.24. The predicted molar refractivity (Wildman–Crippen MR) is 135 cm³/mol. The third kappa shape index (κ3) is 7.50. The Morgan fingerprint density at radius 3 is 2.03 bits per heavy atom. The number of carbonyl (C=O) groups excluding carboxylic acids is 2. The van der Waals surface area contributed by atoms with E-state index >= 15 is 0 Å². The van der Waals surface area contributed by atoms with E-state index in [1.54, 1.807) is 52.2 Å². The lowest BCUT2D eigenvalue weighted by Gasteiger charge is -2.27. The summed E-state index contributed by atoms with van der Waals surface area (Å²) in [7, 11) is 0. The Bertz CT molecular complexity index is 1090. The van der Waals surface area contributed by atoms with Gasteiger partial charge in [0, 0.05) is 23.5 Å². The molecular weight excluding hydrogens is 442 g/mol. The van der Waals surface area contributed by atoms with Crippen LogP contribution in [-0.2, 0) is 14.3 Å². The van der Waals surface area contributed by atoms with Gasteiger partial charge in [-0.05, 0) is 39.3 Å². The molecule has 2 atom stereocenters. The van der Waals surface area contributed by atoms with E-state index in [1.165, 1.54) is 0 Å². The lowest BCUT2D eigenvalue weighted by molar-refractivity contribution is -0.145. The summed E-state index contributed by atoms with van der Waals surface area (Å²) in [6.45, 7) is 7.22. The van der Waals surface area contributed by atoms with Crippen molar-refractivity contribution in [2.75, 3.05) is 6.61 Å². The molecule has 7 heteroatoms. The van der Waals surface area contributed by atoms with Gasteiger partial charge in [0.2, 0.25) is 0 Å². The summed E-state index contributed by atoms with van der Waals surface area (Å²) in [6, 6.07) is 20.7. The number of esters is 1. The fourth-order valence-corrected chi connectivity index (χ4v) is 3.48. The van der Waals surface area contributed by atoms with Crippen molar-refractivity contribution in [2.45, 2.75) is 45.4 Å². The minimum Gasteiger partial charge on any atom is -0.464 e. The summed E-state index contributed by atoms with van der Waals surface area (Å²) >= 11 is 0. The topological polar surface area (TPSA) is 89.9 Å². The van der Waals surface area contributed by atoms with Crippen LogP contribution in [0.25, 0.3) is 0 Å². The van der Waals surface area contributed by atoms with Gasteiger partial charge in [0.1, 0.15) is 5.60 Å². The summed E-state index contributed by atoms with van der Waals surface area (Å²) in [5.74, 6) is -0.568. The fraction of sp³-hybridized carbons (Fsp3) is 0.286. The molecule has 35 heavy (non-hydrogen) atoms. The molecule has 0 aliphatic heterocycles. The van der Waals surface area contributed by atoms with Crippen molar-refractivity contribution in [1.29, 1.82) is 0 Å². The van der Waals surface area contributed by atoms with E-state index in [2.05, 4.69) is 10.3 Å². The Kier molecular flexibility index (Phi) is 8.73. The second-order valence-electron chi connectivity index (χ2n) is 8.82. The third-order valence-corrected chi connectivity index (χ3v) is 4.92. The van der Waals surface area contributed by atoms with Crippen LogP contribution in [0.5, 0.6) is 0 Å². The molecule has 1 aromatic heterocycles. The molecule has 0 unspecified atom stereocenters. The molecule has 0 saturated heterocycles. The average Bonchev–Trinajstić information content (AvgIpc) is 2.84. The molecule has 0 aliphatic carbocycles. The molecule has 0 aliphatic rings. The number of nitrogens with zero attached hydrogens (tertiary/aromatic N) is 2. The molecule has 3 aromatic rings. The van der Waals surface area contributed by atoms with Crippen molar-refractivity contribution in [3.05, 3.63) is 102 Å². The molecule has 182 valence electrons. The molecule has 7 nitrogen and oxygen atoms in total. The summed E-state index contributed by atoms with van der Waals surface area (Å²) in [4.78, 5) is 35.2. The number of pyridine rings is 1. The van der Waals surface area contributed by atoms with Gasteiger partial charge in [-0.3, -0.25) is 9.98 Å². The number of hydrogen-bond donors (Lipinski definition) is 1. The van der Waals surface area contributed by atoms with E-state index < -0.39 is 29.7 Å². The Morgan fingerprint density at radius 1 is 0.943 bits per heavy atom. The van der Waals surface area contributed by atoms with Gasteiger partial charge in [0.25, 0.3) is 0 Å². The number of benzene rings is 2. The molecule has 0 bridgehead atoms. The van der Waals surface area contributed by atoms with Crippen molar-refractivity contribution in [1.82, 2.24) is 10.3 Å². The SMILES string of the molecule is CCOC(=O)[C@@H](N=C(c1ccccc1)c1ccccc1)[C@H](NC(=O)OC(C)(C)C)c1cccnc1. The minimum atomic E-state index is -1.10. The van der Waals surface area contributed by atoms with Crippen molar-refractivity contribution < 1.29 is 19.1 Å². The van der Waals surface area contributed by atoms with Gasteiger partial charge in [0.15, 0.2) is 6.04 Å². The number of amides is 1. The molecule has 3 rings (SSSR count). The first-order chi connectivity index (χ1) is 16.8. The zero-order valence-corrected chi connectivity index (χ0v) is 20.5. The molecule has 0 radical (unpaired) electrons. The number of carbonyl (C=O) groups is 2. The van der Waals surface area contributed by atoms with E-state index in [-0.39, 0.29) is 6.61 Å². The lowest BCUT2D eigenvalue weighted by atomic mass is 9.98. The number of rotatable bonds is 8. The van der Waals surface area contributed by atoms with Gasteiger partial charge in [-0.15, -0.1) is 0 Å². The number of nitrogens with one attached hydrogen (secondary N) is 1. The average molecular weight is 474 g/mol. The highest BCUT2D eigenvalue weighted by Gasteiger charge is 2.34. The zero-order valence-electron chi connectivity index (χ0n) is 20.5. The van der Waals surface area contributed by atoms with Gasteiger partial charge >= 0.3 is 12.1 Å². The number of alkyl carbamates (subject to hydrolysis) is 1. The molecule has 1 N–H and O–H groups in total. The van der Waals surface area contributed by atoms with Crippen molar-refractivity contribution in [3.8, 4) is 0 Å². The highest BCUT2D eigenvalue weighted by atomic mass is 16.6. The van der Waals surface area contributed by atoms with Crippen LogP contribution in [0.2, 0.25) is 0 Å². The summed E-state index contributed by atoms with van der Waals surface area (Å²) in [5, 5.41) is 2.83. The van der Waals surface area contributed by atoms with E-state index in [1.807, 2.05) is 60.7 Å². The maximum atomic E-state index is 13.3. The normalized spacial score (nSPS) is 12.7. The monoisotopic (exact) mass is 473 g/mol. The number of aliphatic imine (C=N–C) groups is 1. The smallest absolute Gasteiger partial charge is 0.408 e. The summed E-state index contributed by atoms with van der Waals surface area (Å²) in [6.07, 6.45) is 2.54. The van der Waals surface area contributed by atoms with Crippen LogP contribution in [0.3, 0.4) is 0 Å². The predicted octanol–water partition coefficient (Wildman–Crippen LogP) is 5.12. The standard InChI is InChI=1S/C28H31N3O4/c1-5-34-26(32)25(24(22-17-12-18-29-19-22)31-27(33)35-28(2,3)4)30-23(20-13-8-6-9-14-20)21-15-10-7-11-16-21/h6-19,24-25H,5H2,1-4H3,(H,31,33)/t24-,25+/m1/s1. The van der Waals surface area contributed by atoms with Crippen LogP contribution >= 0.6 is 0 Å². The summed E-state index contributed by atoms with van der Waals surface area (Å²) in [5.41, 5.74) is 2.14.